The van der Waals surface area contributed by atoms with E-state index >= 15 is 0 Å². The predicted molar refractivity (Wildman–Crippen MR) is 78.3 cm³/mol. The number of carbonyl (C=O) groups excluding carboxylic acids is 2. The van der Waals surface area contributed by atoms with Crippen molar-refractivity contribution in [1.82, 2.24) is 5.32 Å². The Hall–Kier alpha value is -3.01. The van der Waals surface area contributed by atoms with E-state index in [1.54, 1.807) is 11.8 Å². The molecule has 22 heavy (non-hydrogen) atoms. The van der Waals surface area contributed by atoms with Crippen LogP contribution in [0.15, 0.2) is 35.8 Å². The SMILES string of the molecule is CCOC(=O)C1=C2NC(=O)C(C#N)CN2c2ccccc2N1. The molecule has 7 nitrogen and oxygen atoms in total. The lowest BCUT2D eigenvalue weighted by atomic mass is 10.0. The zero-order valence-corrected chi connectivity index (χ0v) is 11.9. The second kappa shape index (κ2) is 5.41. The highest BCUT2D eigenvalue weighted by atomic mass is 16.5. The summed E-state index contributed by atoms with van der Waals surface area (Å²) in [4.78, 5) is 25.8. The Bertz CT molecular complexity index is 720. The second-order valence-corrected chi connectivity index (χ2v) is 4.87. The van der Waals surface area contributed by atoms with Crippen molar-refractivity contribution < 1.29 is 14.3 Å². The molecule has 7 heteroatoms. The molecule has 0 aromatic heterocycles. The first-order valence-electron chi connectivity index (χ1n) is 6.91. The van der Waals surface area contributed by atoms with Crippen molar-refractivity contribution in [3.63, 3.8) is 0 Å². The first kappa shape index (κ1) is 13.9. The first-order valence-corrected chi connectivity index (χ1v) is 6.91. The Balaban J connectivity index is 2.08. The van der Waals surface area contributed by atoms with Crippen molar-refractivity contribution in [3.8, 4) is 6.07 Å². The molecule has 0 aliphatic carbocycles. The maximum atomic E-state index is 12.1. The third-order valence-corrected chi connectivity index (χ3v) is 3.52. The third kappa shape index (κ3) is 2.15. The van der Waals surface area contributed by atoms with Crippen molar-refractivity contribution in [3.05, 3.63) is 35.8 Å². The molecule has 3 rings (SSSR count). The molecule has 1 aromatic carbocycles. The number of hydrogen-bond donors (Lipinski definition) is 2. The molecule has 1 saturated heterocycles. The third-order valence-electron chi connectivity index (χ3n) is 3.52. The second-order valence-electron chi connectivity index (χ2n) is 4.87. The monoisotopic (exact) mass is 298 g/mol. The number of amides is 1. The van der Waals surface area contributed by atoms with Gasteiger partial charge in [-0.25, -0.2) is 4.79 Å². The fraction of sp³-hybridized carbons (Fsp3) is 0.267. The highest BCUT2D eigenvalue weighted by molar-refractivity contribution is 6.00. The number of nitrogens with one attached hydrogen (secondary N) is 2. The fourth-order valence-corrected chi connectivity index (χ4v) is 2.50. The lowest BCUT2D eigenvalue weighted by Crippen LogP contribution is -2.52. The van der Waals surface area contributed by atoms with Gasteiger partial charge in [0.2, 0.25) is 5.91 Å². The summed E-state index contributed by atoms with van der Waals surface area (Å²) in [6, 6.07) is 9.34. The average Bonchev–Trinajstić information content (AvgIpc) is 2.53. The number of hydrogen-bond acceptors (Lipinski definition) is 6. The van der Waals surface area contributed by atoms with E-state index in [2.05, 4.69) is 10.6 Å². The molecule has 1 atom stereocenters. The van der Waals surface area contributed by atoms with Crippen LogP contribution in [-0.2, 0) is 14.3 Å². The lowest BCUT2D eigenvalue weighted by Gasteiger charge is -2.39. The van der Waals surface area contributed by atoms with Crippen LogP contribution >= 0.6 is 0 Å². The Labute approximate surface area is 127 Å². The maximum absolute atomic E-state index is 12.1. The molecule has 2 aliphatic rings. The largest absolute Gasteiger partial charge is 0.461 e. The van der Waals surface area contributed by atoms with Gasteiger partial charge in [0, 0.05) is 6.54 Å². The van der Waals surface area contributed by atoms with Gasteiger partial charge in [-0.05, 0) is 19.1 Å². The molecular weight excluding hydrogens is 284 g/mol. The van der Waals surface area contributed by atoms with Gasteiger partial charge in [-0.1, -0.05) is 12.1 Å². The van der Waals surface area contributed by atoms with Crippen LogP contribution in [0.4, 0.5) is 11.4 Å². The van der Waals surface area contributed by atoms with Crippen molar-refractivity contribution in [1.29, 1.82) is 5.26 Å². The minimum absolute atomic E-state index is 0.172. The van der Waals surface area contributed by atoms with E-state index in [0.717, 1.165) is 11.4 Å². The summed E-state index contributed by atoms with van der Waals surface area (Å²) in [5.74, 6) is -1.43. The topological polar surface area (TPSA) is 94.5 Å². The van der Waals surface area contributed by atoms with Crippen LogP contribution in [-0.4, -0.2) is 25.0 Å². The lowest BCUT2D eigenvalue weighted by molar-refractivity contribution is -0.138. The van der Waals surface area contributed by atoms with Gasteiger partial charge in [0.25, 0.3) is 0 Å². The number of esters is 1. The van der Waals surface area contributed by atoms with E-state index in [0.29, 0.717) is 5.82 Å². The minimum Gasteiger partial charge on any atom is -0.461 e. The first-order chi connectivity index (χ1) is 10.7. The number of para-hydroxylation sites is 2. The number of nitrogens with zero attached hydrogens (tertiary/aromatic N) is 2. The summed E-state index contributed by atoms with van der Waals surface area (Å²) in [6.45, 7) is 2.13. The quantitative estimate of drug-likeness (QED) is 0.788. The highest BCUT2D eigenvalue weighted by Gasteiger charge is 2.38. The molecule has 0 spiro atoms. The highest BCUT2D eigenvalue weighted by Crippen LogP contribution is 2.36. The van der Waals surface area contributed by atoms with Crippen LogP contribution in [0.3, 0.4) is 0 Å². The molecule has 112 valence electrons. The van der Waals surface area contributed by atoms with E-state index in [1.165, 1.54) is 0 Å². The zero-order valence-electron chi connectivity index (χ0n) is 11.9. The number of rotatable bonds is 2. The van der Waals surface area contributed by atoms with Crippen molar-refractivity contribution >= 4 is 23.3 Å². The number of nitriles is 1. The summed E-state index contributed by atoms with van der Waals surface area (Å²) in [5, 5.41) is 14.7. The predicted octanol–water partition coefficient (Wildman–Crippen LogP) is 0.920. The smallest absolute Gasteiger partial charge is 0.358 e. The molecule has 0 saturated carbocycles. The number of fused-ring (bicyclic) bond motifs is 3. The van der Waals surface area contributed by atoms with Crippen LogP contribution in [0, 0.1) is 17.2 Å². The van der Waals surface area contributed by atoms with Gasteiger partial charge in [-0.2, -0.15) is 5.26 Å². The van der Waals surface area contributed by atoms with Crippen LogP contribution in [0.25, 0.3) is 0 Å². The number of benzene rings is 1. The standard InChI is InChI=1S/C15H14N4O3/c1-2-22-15(21)12-13-18-14(20)9(7-16)8-19(13)11-6-4-3-5-10(11)17-12/h3-6,9,17H,2,8H2,1H3,(H,18,20). The summed E-state index contributed by atoms with van der Waals surface area (Å²) in [6.07, 6.45) is 0. The van der Waals surface area contributed by atoms with E-state index < -0.39 is 17.8 Å². The van der Waals surface area contributed by atoms with Crippen LogP contribution < -0.4 is 15.5 Å². The van der Waals surface area contributed by atoms with Crippen molar-refractivity contribution in [2.45, 2.75) is 6.92 Å². The molecule has 2 aliphatic heterocycles. The summed E-state index contributed by atoms with van der Waals surface area (Å²) < 4.78 is 5.03. The van der Waals surface area contributed by atoms with E-state index in [1.807, 2.05) is 30.3 Å². The molecule has 2 N–H and O–H groups in total. The van der Waals surface area contributed by atoms with Gasteiger partial charge in [0.15, 0.2) is 5.70 Å². The molecule has 0 bridgehead atoms. The van der Waals surface area contributed by atoms with Gasteiger partial charge < -0.3 is 20.3 Å². The molecule has 1 unspecified atom stereocenters. The van der Waals surface area contributed by atoms with Crippen molar-refractivity contribution in [2.75, 3.05) is 23.4 Å². The van der Waals surface area contributed by atoms with Crippen molar-refractivity contribution in [2.24, 2.45) is 5.92 Å². The number of carbonyl (C=O) groups is 2. The fourth-order valence-electron chi connectivity index (χ4n) is 2.50. The summed E-state index contributed by atoms with van der Waals surface area (Å²) in [7, 11) is 0. The van der Waals surface area contributed by atoms with Crippen LogP contribution in [0.2, 0.25) is 0 Å². The molecule has 2 heterocycles. The Morgan fingerprint density at radius 2 is 2.23 bits per heavy atom. The molecule has 1 aromatic rings. The van der Waals surface area contributed by atoms with Crippen LogP contribution in [0.5, 0.6) is 0 Å². The molecule has 0 radical (unpaired) electrons. The number of anilines is 2. The molecular formula is C15H14N4O3. The molecule has 1 fully saturated rings. The minimum atomic E-state index is -0.793. The van der Waals surface area contributed by atoms with Gasteiger partial charge in [-0.15, -0.1) is 0 Å². The average molecular weight is 298 g/mol. The zero-order chi connectivity index (χ0) is 15.7. The maximum Gasteiger partial charge on any atom is 0.358 e. The summed E-state index contributed by atoms with van der Waals surface area (Å²) in [5.41, 5.74) is 1.69. The Kier molecular flexibility index (Phi) is 3.43. The van der Waals surface area contributed by atoms with Gasteiger partial charge in [0.05, 0.1) is 24.1 Å². The Morgan fingerprint density at radius 1 is 1.45 bits per heavy atom. The van der Waals surface area contributed by atoms with E-state index in [-0.39, 0.29) is 18.8 Å². The van der Waals surface area contributed by atoms with Gasteiger partial charge in [0.1, 0.15) is 11.7 Å². The van der Waals surface area contributed by atoms with E-state index in [4.69, 9.17) is 10.00 Å². The summed E-state index contributed by atoms with van der Waals surface area (Å²) >= 11 is 0. The van der Waals surface area contributed by atoms with E-state index in [9.17, 15) is 9.59 Å². The van der Waals surface area contributed by atoms with Gasteiger partial charge >= 0.3 is 5.97 Å². The Morgan fingerprint density at radius 3 is 2.95 bits per heavy atom. The normalized spacial score (nSPS) is 19.4. The van der Waals surface area contributed by atoms with Gasteiger partial charge in [-0.3, -0.25) is 4.79 Å². The molecule has 1 amide bonds. The number of ether oxygens (including phenoxy) is 1. The van der Waals surface area contributed by atoms with Crippen LogP contribution in [0.1, 0.15) is 6.92 Å².